The maximum atomic E-state index is 15.2. The molecule has 0 radical (unpaired) electrons. The maximum Gasteiger partial charge on any atom is 0.134 e. The molecule has 0 heterocycles. The number of hydrogen-bond donors (Lipinski definition) is 0. The third-order valence-electron chi connectivity index (χ3n) is 11.2. The first-order valence-corrected chi connectivity index (χ1v) is 15.4. The molecule has 7 unspecified atom stereocenters. The minimum Gasteiger partial charge on any atom is -0.247 e. The van der Waals surface area contributed by atoms with E-state index in [-0.39, 0.29) is 11.8 Å². The Kier molecular flexibility index (Phi) is 10.1. The van der Waals surface area contributed by atoms with Crippen LogP contribution in [0.5, 0.6) is 0 Å². The SMILES string of the molecule is CCCC1CCC(C2CCC(CCC3CCC(C4CCC(CC)CC4F)CC3)C(F)C2F)CC1. The Morgan fingerprint density at radius 3 is 1.68 bits per heavy atom. The lowest BCUT2D eigenvalue weighted by atomic mass is 9.65. The molecular formula is C31H53F3. The predicted molar refractivity (Wildman–Crippen MR) is 137 cm³/mol. The van der Waals surface area contributed by atoms with Crippen LogP contribution in [0.15, 0.2) is 0 Å². The average Bonchev–Trinajstić information content (AvgIpc) is 2.86. The van der Waals surface area contributed by atoms with E-state index in [1.54, 1.807) is 0 Å². The van der Waals surface area contributed by atoms with E-state index in [9.17, 15) is 4.39 Å². The van der Waals surface area contributed by atoms with Crippen LogP contribution in [0.4, 0.5) is 13.2 Å². The second-order valence-corrected chi connectivity index (χ2v) is 13.1. The Bertz CT molecular complexity index is 577. The van der Waals surface area contributed by atoms with Gasteiger partial charge in [0.15, 0.2) is 0 Å². The fourth-order valence-corrected chi connectivity index (χ4v) is 8.81. The van der Waals surface area contributed by atoms with E-state index in [0.29, 0.717) is 29.6 Å². The quantitative estimate of drug-likeness (QED) is 0.323. The van der Waals surface area contributed by atoms with Crippen LogP contribution in [0, 0.1) is 47.3 Å². The van der Waals surface area contributed by atoms with Crippen LogP contribution < -0.4 is 0 Å². The molecule has 0 bridgehead atoms. The molecule has 7 atom stereocenters. The van der Waals surface area contributed by atoms with Crippen molar-refractivity contribution >= 4 is 0 Å². The summed E-state index contributed by atoms with van der Waals surface area (Å²) < 4.78 is 45.2. The highest BCUT2D eigenvalue weighted by atomic mass is 19.2. The molecule has 0 aromatic rings. The van der Waals surface area contributed by atoms with Crippen LogP contribution in [-0.4, -0.2) is 18.5 Å². The number of alkyl halides is 3. The first-order valence-electron chi connectivity index (χ1n) is 15.4. The summed E-state index contributed by atoms with van der Waals surface area (Å²) in [4.78, 5) is 0. The lowest BCUT2D eigenvalue weighted by Gasteiger charge is -2.42. The van der Waals surface area contributed by atoms with Crippen LogP contribution in [0.3, 0.4) is 0 Å². The molecule has 4 aliphatic carbocycles. The first kappa shape index (κ1) is 26.8. The van der Waals surface area contributed by atoms with Gasteiger partial charge in [-0.2, -0.15) is 0 Å². The number of hydrogen-bond acceptors (Lipinski definition) is 0. The van der Waals surface area contributed by atoms with Crippen molar-refractivity contribution in [3.05, 3.63) is 0 Å². The molecule has 4 saturated carbocycles. The van der Waals surface area contributed by atoms with E-state index in [4.69, 9.17) is 0 Å². The Labute approximate surface area is 208 Å². The van der Waals surface area contributed by atoms with Crippen molar-refractivity contribution < 1.29 is 13.2 Å². The van der Waals surface area contributed by atoms with Gasteiger partial charge in [0.1, 0.15) is 18.5 Å². The summed E-state index contributed by atoms with van der Waals surface area (Å²) in [7, 11) is 0. The van der Waals surface area contributed by atoms with Crippen molar-refractivity contribution in [1.29, 1.82) is 0 Å². The molecule has 4 rings (SSSR count). The molecule has 4 aliphatic rings. The smallest absolute Gasteiger partial charge is 0.134 e. The van der Waals surface area contributed by atoms with Gasteiger partial charge in [-0.1, -0.05) is 65.2 Å². The summed E-state index contributed by atoms with van der Waals surface area (Å²) in [6, 6.07) is 0. The van der Waals surface area contributed by atoms with E-state index in [0.717, 1.165) is 76.5 Å². The lowest BCUT2D eigenvalue weighted by molar-refractivity contribution is -0.0165. The molecule has 0 amide bonds. The molecule has 0 aromatic heterocycles. The van der Waals surface area contributed by atoms with Crippen molar-refractivity contribution in [2.24, 2.45) is 47.3 Å². The van der Waals surface area contributed by atoms with Crippen molar-refractivity contribution in [2.75, 3.05) is 0 Å². The Balaban J connectivity index is 1.16. The van der Waals surface area contributed by atoms with Gasteiger partial charge in [-0.3, -0.25) is 0 Å². The minimum atomic E-state index is -1.25. The van der Waals surface area contributed by atoms with Crippen molar-refractivity contribution in [3.8, 4) is 0 Å². The molecule has 0 aromatic carbocycles. The van der Waals surface area contributed by atoms with Crippen LogP contribution >= 0.6 is 0 Å². The summed E-state index contributed by atoms with van der Waals surface area (Å²) in [6.07, 6.45) is 16.8. The highest BCUT2D eigenvalue weighted by molar-refractivity contribution is 4.93. The van der Waals surface area contributed by atoms with Gasteiger partial charge in [-0.15, -0.1) is 0 Å². The largest absolute Gasteiger partial charge is 0.247 e. The summed E-state index contributed by atoms with van der Waals surface area (Å²) >= 11 is 0. The van der Waals surface area contributed by atoms with Crippen molar-refractivity contribution in [2.45, 2.75) is 148 Å². The molecule has 0 nitrogen and oxygen atoms in total. The molecule has 0 N–H and O–H groups in total. The van der Waals surface area contributed by atoms with Crippen LogP contribution in [0.25, 0.3) is 0 Å². The van der Waals surface area contributed by atoms with Gasteiger partial charge >= 0.3 is 0 Å². The second kappa shape index (κ2) is 12.8. The normalized spacial score (nSPS) is 46.3. The number of halogens is 3. The lowest BCUT2D eigenvalue weighted by Crippen LogP contribution is -2.42. The zero-order chi connectivity index (χ0) is 24.1. The van der Waals surface area contributed by atoms with Crippen LogP contribution in [0.2, 0.25) is 0 Å². The highest BCUT2D eigenvalue weighted by Crippen LogP contribution is 2.47. The van der Waals surface area contributed by atoms with Gasteiger partial charge < -0.3 is 0 Å². The molecule has 0 spiro atoms. The zero-order valence-electron chi connectivity index (χ0n) is 22.2. The summed E-state index contributed by atoms with van der Waals surface area (Å²) in [5.74, 6) is 3.26. The zero-order valence-corrected chi connectivity index (χ0v) is 22.2. The molecule has 0 aliphatic heterocycles. The predicted octanol–water partition coefficient (Wildman–Crippen LogP) is 10.0. The van der Waals surface area contributed by atoms with E-state index in [2.05, 4.69) is 13.8 Å². The van der Waals surface area contributed by atoms with E-state index in [1.165, 1.54) is 44.9 Å². The van der Waals surface area contributed by atoms with Gasteiger partial charge in [0.05, 0.1) is 0 Å². The third-order valence-corrected chi connectivity index (χ3v) is 11.2. The molecule has 0 saturated heterocycles. The van der Waals surface area contributed by atoms with E-state index < -0.39 is 18.5 Å². The molecule has 198 valence electrons. The fraction of sp³-hybridized carbons (Fsp3) is 1.00. The van der Waals surface area contributed by atoms with E-state index in [1.807, 2.05) is 0 Å². The van der Waals surface area contributed by atoms with Crippen LogP contribution in [-0.2, 0) is 0 Å². The molecule has 34 heavy (non-hydrogen) atoms. The van der Waals surface area contributed by atoms with Gasteiger partial charge in [-0.25, -0.2) is 13.2 Å². The summed E-state index contributed by atoms with van der Waals surface area (Å²) in [6.45, 7) is 4.45. The average molecular weight is 483 g/mol. The van der Waals surface area contributed by atoms with Crippen LogP contribution in [0.1, 0.15) is 129 Å². The van der Waals surface area contributed by atoms with Crippen molar-refractivity contribution in [1.82, 2.24) is 0 Å². The monoisotopic (exact) mass is 482 g/mol. The first-order chi connectivity index (χ1) is 16.5. The minimum absolute atomic E-state index is 0.0271. The topological polar surface area (TPSA) is 0 Å². The van der Waals surface area contributed by atoms with Gasteiger partial charge in [0.25, 0.3) is 0 Å². The van der Waals surface area contributed by atoms with Crippen molar-refractivity contribution in [3.63, 3.8) is 0 Å². The second-order valence-electron chi connectivity index (χ2n) is 13.1. The van der Waals surface area contributed by atoms with Gasteiger partial charge in [0.2, 0.25) is 0 Å². The molecule has 4 fully saturated rings. The Hall–Kier alpha value is -0.210. The Morgan fingerprint density at radius 1 is 0.529 bits per heavy atom. The number of rotatable bonds is 8. The maximum absolute atomic E-state index is 15.2. The fourth-order valence-electron chi connectivity index (χ4n) is 8.81. The Morgan fingerprint density at radius 2 is 1.09 bits per heavy atom. The molecule has 3 heteroatoms. The highest BCUT2D eigenvalue weighted by Gasteiger charge is 2.44. The van der Waals surface area contributed by atoms with E-state index >= 15 is 8.78 Å². The summed E-state index contributed by atoms with van der Waals surface area (Å²) in [5, 5.41) is 0. The summed E-state index contributed by atoms with van der Waals surface area (Å²) in [5.41, 5.74) is 0. The standard InChI is InChI=1S/C31H53F3/c1-3-5-22-6-14-25(15-7-22)28-19-17-26(30(33)31(28)34)16-10-23-8-12-24(13-9-23)27-18-11-21(4-2)20-29(27)32/h21-31H,3-20H2,1-2H3. The van der Waals surface area contributed by atoms with Gasteiger partial charge in [-0.05, 0) is 112 Å². The third kappa shape index (κ3) is 6.56. The molecular weight excluding hydrogens is 429 g/mol. The van der Waals surface area contributed by atoms with Gasteiger partial charge in [0, 0.05) is 0 Å².